The van der Waals surface area contributed by atoms with Crippen LogP contribution in [0.4, 0.5) is 0 Å². The quantitative estimate of drug-likeness (QED) is 0.569. The van der Waals surface area contributed by atoms with E-state index in [0.29, 0.717) is 18.5 Å². The van der Waals surface area contributed by atoms with E-state index in [0.717, 1.165) is 37.0 Å². The van der Waals surface area contributed by atoms with E-state index in [9.17, 15) is 0 Å². The molecule has 22 heavy (non-hydrogen) atoms. The molecule has 6 heteroatoms. The Morgan fingerprint density at radius 3 is 2.59 bits per heavy atom. The van der Waals surface area contributed by atoms with Crippen LogP contribution in [0.5, 0.6) is 0 Å². The minimum Gasteiger partial charge on any atom is -0.359 e. The molecule has 0 saturated carbocycles. The van der Waals surface area contributed by atoms with Crippen LogP contribution in [0.1, 0.15) is 52.0 Å². The van der Waals surface area contributed by atoms with Gasteiger partial charge in [-0.2, -0.15) is 0 Å². The number of hydrogen-bond acceptors (Lipinski definition) is 4. The second-order valence-electron chi connectivity index (χ2n) is 6.07. The van der Waals surface area contributed by atoms with Gasteiger partial charge >= 0.3 is 0 Å². The zero-order valence-electron chi connectivity index (χ0n) is 14.8. The van der Waals surface area contributed by atoms with E-state index in [1.54, 1.807) is 0 Å². The molecule has 1 aromatic rings. The van der Waals surface area contributed by atoms with Crippen molar-refractivity contribution in [2.75, 3.05) is 26.7 Å². The van der Waals surface area contributed by atoms with Crippen molar-refractivity contribution in [2.45, 2.75) is 53.1 Å². The largest absolute Gasteiger partial charge is 0.359 e. The number of aliphatic imine (C=N–C) groups is 1. The van der Waals surface area contributed by atoms with Gasteiger partial charge in [0.25, 0.3) is 0 Å². The molecule has 1 heterocycles. The van der Waals surface area contributed by atoms with Crippen molar-refractivity contribution in [1.82, 2.24) is 20.7 Å². The molecule has 0 unspecified atom stereocenters. The Balaban J connectivity index is 2.50. The SMILES string of the molecule is CCNC(=NCc1cc(C(C)C)no1)NCCN(C)C(C)C. The molecule has 0 aliphatic heterocycles. The van der Waals surface area contributed by atoms with Crippen molar-refractivity contribution in [3.63, 3.8) is 0 Å². The van der Waals surface area contributed by atoms with E-state index in [-0.39, 0.29) is 0 Å². The topological polar surface area (TPSA) is 65.7 Å². The molecular weight excluding hydrogens is 278 g/mol. The van der Waals surface area contributed by atoms with Crippen LogP contribution in [-0.4, -0.2) is 48.7 Å². The molecule has 0 aliphatic carbocycles. The summed E-state index contributed by atoms with van der Waals surface area (Å²) >= 11 is 0. The number of nitrogens with zero attached hydrogens (tertiary/aromatic N) is 3. The Kier molecular flexibility index (Phi) is 7.95. The molecule has 0 aliphatic rings. The molecule has 6 nitrogen and oxygen atoms in total. The van der Waals surface area contributed by atoms with Crippen molar-refractivity contribution < 1.29 is 4.52 Å². The van der Waals surface area contributed by atoms with Crippen molar-refractivity contribution in [3.8, 4) is 0 Å². The lowest BCUT2D eigenvalue weighted by Gasteiger charge is -2.21. The minimum atomic E-state index is 0.374. The molecule has 0 fully saturated rings. The van der Waals surface area contributed by atoms with Crippen LogP contribution < -0.4 is 10.6 Å². The van der Waals surface area contributed by atoms with Crippen LogP contribution in [0.2, 0.25) is 0 Å². The summed E-state index contributed by atoms with van der Waals surface area (Å²) in [4.78, 5) is 6.83. The van der Waals surface area contributed by atoms with Gasteiger partial charge in [0.05, 0.1) is 5.69 Å². The minimum absolute atomic E-state index is 0.374. The van der Waals surface area contributed by atoms with Crippen LogP contribution in [-0.2, 0) is 6.54 Å². The van der Waals surface area contributed by atoms with Gasteiger partial charge in [0.1, 0.15) is 6.54 Å². The van der Waals surface area contributed by atoms with Gasteiger partial charge in [-0.1, -0.05) is 19.0 Å². The van der Waals surface area contributed by atoms with Crippen molar-refractivity contribution >= 4 is 5.96 Å². The number of rotatable bonds is 8. The number of hydrogen-bond donors (Lipinski definition) is 2. The molecule has 1 aromatic heterocycles. The summed E-state index contributed by atoms with van der Waals surface area (Å²) in [5, 5.41) is 10.6. The monoisotopic (exact) mass is 309 g/mol. The first-order valence-corrected chi connectivity index (χ1v) is 8.11. The molecule has 0 radical (unpaired) electrons. The van der Waals surface area contributed by atoms with Gasteiger partial charge in [0.15, 0.2) is 11.7 Å². The third kappa shape index (κ3) is 6.47. The second-order valence-corrected chi connectivity index (χ2v) is 6.07. The van der Waals surface area contributed by atoms with Gasteiger partial charge in [0.2, 0.25) is 0 Å². The second kappa shape index (κ2) is 9.46. The molecular formula is C16H31N5O. The standard InChI is InChI=1S/C16H31N5O/c1-7-17-16(18-8-9-21(6)13(4)5)19-11-14-10-15(12(2)3)20-22-14/h10,12-13H,7-9,11H2,1-6H3,(H2,17,18,19). The first kappa shape index (κ1) is 18.5. The summed E-state index contributed by atoms with van der Waals surface area (Å²) in [6.45, 7) is 13.8. The molecule has 0 bridgehead atoms. The Labute approximate surface area is 134 Å². The zero-order chi connectivity index (χ0) is 16.5. The van der Waals surface area contributed by atoms with E-state index in [1.165, 1.54) is 0 Å². The lowest BCUT2D eigenvalue weighted by molar-refractivity contribution is 0.278. The van der Waals surface area contributed by atoms with Crippen LogP contribution in [0, 0.1) is 0 Å². The summed E-state index contributed by atoms with van der Waals surface area (Å²) in [5.74, 6) is 1.97. The lowest BCUT2D eigenvalue weighted by atomic mass is 10.1. The van der Waals surface area contributed by atoms with Gasteiger partial charge in [-0.05, 0) is 33.7 Å². The molecule has 0 atom stereocenters. The highest BCUT2D eigenvalue weighted by Gasteiger charge is 2.08. The maximum absolute atomic E-state index is 5.31. The molecule has 126 valence electrons. The highest BCUT2D eigenvalue weighted by Crippen LogP contribution is 2.14. The summed E-state index contributed by atoms with van der Waals surface area (Å²) in [6.07, 6.45) is 0. The van der Waals surface area contributed by atoms with Gasteiger partial charge in [0, 0.05) is 31.7 Å². The van der Waals surface area contributed by atoms with Gasteiger partial charge in [-0.25, -0.2) is 4.99 Å². The fourth-order valence-electron chi connectivity index (χ4n) is 1.78. The Bertz CT molecular complexity index is 453. The first-order valence-electron chi connectivity index (χ1n) is 8.11. The lowest BCUT2D eigenvalue weighted by Crippen LogP contribution is -2.42. The number of likely N-dealkylation sites (N-methyl/N-ethyl adjacent to an activating group) is 1. The molecule has 0 amide bonds. The summed E-state index contributed by atoms with van der Waals surface area (Å²) in [6, 6.07) is 2.52. The predicted octanol–water partition coefficient (Wildman–Crippen LogP) is 2.19. The van der Waals surface area contributed by atoms with Crippen molar-refractivity contribution in [2.24, 2.45) is 4.99 Å². The van der Waals surface area contributed by atoms with E-state index >= 15 is 0 Å². The smallest absolute Gasteiger partial charge is 0.191 e. The normalized spacial score (nSPS) is 12.5. The average Bonchev–Trinajstić information content (AvgIpc) is 2.93. The summed E-state index contributed by atoms with van der Waals surface area (Å²) in [7, 11) is 2.12. The number of aromatic nitrogens is 1. The number of nitrogens with one attached hydrogen (secondary N) is 2. The fraction of sp³-hybridized carbons (Fsp3) is 0.750. The summed E-state index contributed by atoms with van der Waals surface area (Å²) in [5.41, 5.74) is 0.974. The van der Waals surface area contributed by atoms with Crippen LogP contribution in [0.3, 0.4) is 0 Å². The van der Waals surface area contributed by atoms with E-state index in [2.05, 4.69) is 67.3 Å². The Morgan fingerprint density at radius 1 is 1.32 bits per heavy atom. The fourth-order valence-corrected chi connectivity index (χ4v) is 1.78. The van der Waals surface area contributed by atoms with E-state index in [4.69, 9.17) is 4.52 Å². The zero-order valence-corrected chi connectivity index (χ0v) is 14.8. The summed E-state index contributed by atoms with van der Waals surface area (Å²) < 4.78 is 5.31. The van der Waals surface area contributed by atoms with Gasteiger partial charge in [-0.3, -0.25) is 0 Å². The maximum atomic E-state index is 5.31. The first-order chi connectivity index (χ1) is 10.4. The molecule has 2 N–H and O–H groups in total. The third-order valence-electron chi connectivity index (χ3n) is 3.54. The predicted molar refractivity (Wildman–Crippen MR) is 91.2 cm³/mol. The number of guanidine groups is 1. The molecule has 0 spiro atoms. The van der Waals surface area contributed by atoms with Crippen molar-refractivity contribution in [1.29, 1.82) is 0 Å². The molecule has 0 saturated heterocycles. The van der Waals surface area contributed by atoms with Crippen LogP contribution >= 0.6 is 0 Å². The average molecular weight is 309 g/mol. The third-order valence-corrected chi connectivity index (χ3v) is 3.54. The Morgan fingerprint density at radius 2 is 2.05 bits per heavy atom. The van der Waals surface area contributed by atoms with E-state index in [1.807, 2.05) is 6.07 Å². The van der Waals surface area contributed by atoms with Crippen LogP contribution in [0.15, 0.2) is 15.6 Å². The van der Waals surface area contributed by atoms with Crippen LogP contribution in [0.25, 0.3) is 0 Å². The van der Waals surface area contributed by atoms with Crippen molar-refractivity contribution in [3.05, 3.63) is 17.5 Å². The molecule has 0 aromatic carbocycles. The van der Waals surface area contributed by atoms with Gasteiger partial charge < -0.3 is 20.1 Å². The highest BCUT2D eigenvalue weighted by atomic mass is 16.5. The maximum Gasteiger partial charge on any atom is 0.191 e. The highest BCUT2D eigenvalue weighted by molar-refractivity contribution is 5.79. The van der Waals surface area contributed by atoms with E-state index < -0.39 is 0 Å². The van der Waals surface area contributed by atoms with Gasteiger partial charge in [-0.15, -0.1) is 0 Å². The molecule has 1 rings (SSSR count). The Hall–Kier alpha value is -1.56.